The third kappa shape index (κ3) is 2.35. The molecule has 0 saturated carbocycles. The maximum absolute atomic E-state index is 12.0. The van der Waals surface area contributed by atoms with E-state index in [-0.39, 0.29) is 17.6 Å². The van der Waals surface area contributed by atoms with Crippen molar-refractivity contribution in [2.75, 3.05) is 13.2 Å². The van der Waals surface area contributed by atoms with Crippen molar-refractivity contribution in [1.82, 2.24) is 14.7 Å². The molecule has 1 aromatic heterocycles. The highest BCUT2D eigenvalue weighted by molar-refractivity contribution is 5.77. The monoisotopic (exact) mass is 277 g/mol. The molecule has 6 nitrogen and oxygen atoms in total. The van der Waals surface area contributed by atoms with E-state index in [9.17, 15) is 9.59 Å². The van der Waals surface area contributed by atoms with Gasteiger partial charge in [0.25, 0.3) is 5.56 Å². The second-order valence-corrected chi connectivity index (χ2v) is 5.37. The lowest BCUT2D eigenvalue weighted by Crippen LogP contribution is -2.43. The summed E-state index contributed by atoms with van der Waals surface area (Å²) in [6, 6.07) is 1.52. The van der Waals surface area contributed by atoms with Crippen molar-refractivity contribution in [3.05, 3.63) is 27.7 Å². The Labute approximate surface area is 117 Å². The number of esters is 1. The van der Waals surface area contributed by atoms with Crippen LogP contribution in [0.25, 0.3) is 0 Å². The van der Waals surface area contributed by atoms with E-state index < -0.39 is 0 Å². The van der Waals surface area contributed by atoms with Gasteiger partial charge in [-0.2, -0.15) is 5.10 Å². The highest BCUT2D eigenvalue weighted by Crippen LogP contribution is 2.22. The highest BCUT2D eigenvalue weighted by Gasteiger charge is 2.34. The molecular weight excluding hydrogens is 258 g/mol. The van der Waals surface area contributed by atoms with Crippen molar-refractivity contribution in [2.45, 2.75) is 45.3 Å². The molecule has 20 heavy (non-hydrogen) atoms. The number of nitrogens with zero attached hydrogens (tertiary/aromatic N) is 3. The molecule has 6 heteroatoms. The maximum Gasteiger partial charge on any atom is 0.323 e. The molecule has 1 aromatic rings. The minimum absolute atomic E-state index is 0.0542. The number of fused-ring (bicyclic) bond motifs is 1. The molecular formula is C14H19N3O3. The number of ether oxygens (including phenoxy) is 1. The number of aryl methyl sites for hydroxylation is 1. The molecule has 108 valence electrons. The summed E-state index contributed by atoms with van der Waals surface area (Å²) >= 11 is 0. The summed E-state index contributed by atoms with van der Waals surface area (Å²) in [5, 5.41) is 4.44. The highest BCUT2D eigenvalue weighted by atomic mass is 16.5. The van der Waals surface area contributed by atoms with Gasteiger partial charge in [-0.1, -0.05) is 6.92 Å². The Morgan fingerprint density at radius 1 is 1.45 bits per heavy atom. The average Bonchev–Trinajstić information content (AvgIpc) is 2.86. The van der Waals surface area contributed by atoms with E-state index in [4.69, 9.17) is 4.74 Å². The average molecular weight is 277 g/mol. The number of carbonyl (C=O) groups excluding carboxylic acids is 1. The zero-order valence-corrected chi connectivity index (χ0v) is 11.7. The van der Waals surface area contributed by atoms with E-state index in [1.165, 1.54) is 0 Å². The second kappa shape index (κ2) is 5.36. The Balaban J connectivity index is 1.83. The molecule has 3 heterocycles. The first-order chi connectivity index (χ1) is 9.69. The molecule has 3 rings (SSSR count). The van der Waals surface area contributed by atoms with E-state index in [2.05, 4.69) is 10.00 Å². The molecule has 0 radical (unpaired) electrons. The fourth-order valence-electron chi connectivity index (χ4n) is 2.92. The topological polar surface area (TPSA) is 64.4 Å². The lowest BCUT2D eigenvalue weighted by Gasteiger charge is -2.30. The third-order valence-corrected chi connectivity index (χ3v) is 3.96. The number of aromatic nitrogens is 2. The van der Waals surface area contributed by atoms with Gasteiger partial charge in [0.05, 0.1) is 12.3 Å². The first-order valence-corrected chi connectivity index (χ1v) is 7.19. The van der Waals surface area contributed by atoms with E-state index >= 15 is 0 Å². The number of carbonyl (C=O) groups is 1. The minimum atomic E-state index is -0.152. The van der Waals surface area contributed by atoms with Crippen LogP contribution in [0.5, 0.6) is 0 Å². The zero-order chi connectivity index (χ0) is 14.1. The van der Waals surface area contributed by atoms with Crippen LogP contribution >= 0.6 is 0 Å². The Hall–Kier alpha value is -1.69. The SMILES string of the molecule is CCCn1nc2c(cc1=O)CN([C@@H]1CCOC1=O)CC2. The van der Waals surface area contributed by atoms with Gasteiger partial charge < -0.3 is 4.74 Å². The maximum atomic E-state index is 12.0. The van der Waals surface area contributed by atoms with Gasteiger partial charge in [0.15, 0.2) is 0 Å². The minimum Gasteiger partial charge on any atom is -0.464 e. The standard InChI is InChI=1S/C14H19N3O3/c1-2-5-17-13(18)8-10-9-16(6-3-11(10)15-17)12-4-7-20-14(12)19/h8,12H,2-7,9H2,1H3/t12-/m1/s1. The Morgan fingerprint density at radius 2 is 2.30 bits per heavy atom. The number of hydrogen-bond donors (Lipinski definition) is 0. The summed E-state index contributed by atoms with van der Waals surface area (Å²) in [5.41, 5.74) is 1.88. The van der Waals surface area contributed by atoms with Gasteiger partial charge in [0.2, 0.25) is 0 Å². The van der Waals surface area contributed by atoms with Gasteiger partial charge in [0, 0.05) is 38.5 Å². The molecule has 0 unspecified atom stereocenters. The van der Waals surface area contributed by atoms with E-state index in [0.717, 1.165) is 37.1 Å². The summed E-state index contributed by atoms with van der Waals surface area (Å²) in [7, 11) is 0. The van der Waals surface area contributed by atoms with Gasteiger partial charge in [-0.05, 0) is 12.0 Å². The quantitative estimate of drug-likeness (QED) is 0.745. The number of hydrogen-bond acceptors (Lipinski definition) is 5. The summed E-state index contributed by atoms with van der Waals surface area (Å²) in [5.74, 6) is -0.138. The van der Waals surface area contributed by atoms with E-state index in [1.54, 1.807) is 10.7 Å². The van der Waals surface area contributed by atoms with Gasteiger partial charge in [-0.3, -0.25) is 14.5 Å². The molecule has 0 N–H and O–H groups in total. The van der Waals surface area contributed by atoms with Crippen molar-refractivity contribution in [3.8, 4) is 0 Å². The van der Waals surface area contributed by atoms with Crippen molar-refractivity contribution in [3.63, 3.8) is 0 Å². The largest absolute Gasteiger partial charge is 0.464 e. The first-order valence-electron chi connectivity index (χ1n) is 7.19. The smallest absolute Gasteiger partial charge is 0.323 e. The molecule has 1 saturated heterocycles. The number of rotatable bonds is 3. The van der Waals surface area contributed by atoms with E-state index in [0.29, 0.717) is 19.7 Å². The normalized spacial score (nSPS) is 22.6. The van der Waals surface area contributed by atoms with Crippen LogP contribution in [0.15, 0.2) is 10.9 Å². The predicted molar refractivity (Wildman–Crippen MR) is 72.3 cm³/mol. The summed E-state index contributed by atoms with van der Waals surface area (Å²) in [4.78, 5) is 25.7. The molecule has 2 aliphatic rings. The zero-order valence-electron chi connectivity index (χ0n) is 11.7. The Morgan fingerprint density at radius 3 is 3.00 bits per heavy atom. The fraction of sp³-hybridized carbons (Fsp3) is 0.643. The first kappa shape index (κ1) is 13.3. The summed E-state index contributed by atoms with van der Waals surface area (Å²) in [6.07, 6.45) is 2.42. The lowest BCUT2D eigenvalue weighted by molar-refractivity contribution is -0.142. The second-order valence-electron chi connectivity index (χ2n) is 5.37. The molecule has 0 aliphatic carbocycles. The predicted octanol–water partition coefficient (Wildman–Crippen LogP) is 0.327. The van der Waals surface area contributed by atoms with Crippen LogP contribution in [0.1, 0.15) is 31.0 Å². The van der Waals surface area contributed by atoms with Gasteiger partial charge >= 0.3 is 5.97 Å². The van der Waals surface area contributed by atoms with Crippen molar-refractivity contribution >= 4 is 5.97 Å². The van der Waals surface area contributed by atoms with Gasteiger partial charge in [-0.15, -0.1) is 0 Å². The Bertz CT molecular complexity index is 582. The lowest BCUT2D eigenvalue weighted by atomic mass is 10.0. The van der Waals surface area contributed by atoms with Crippen molar-refractivity contribution in [1.29, 1.82) is 0 Å². The van der Waals surface area contributed by atoms with E-state index in [1.807, 2.05) is 6.92 Å². The van der Waals surface area contributed by atoms with Crippen LogP contribution in [0.3, 0.4) is 0 Å². The molecule has 0 spiro atoms. The van der Waals surface area contributed by atoms with Crippen LogP contribution in [-0.4, -0.2) is 39.8 Å². The molecule has 0 amide bonds. The van der Waals surface area contributed by atoms with Gasteiger partial charge in [-0.25, -0.2) is 4.68 Å². The molecule has 1 atom stereocenters. The summed E-state index contributed by atoms with van der Waals surface area (Å²) < 4.78 is 6.56. The van der Waals surface area contributed by atoms with Crippen LogP contribution in [0.4, 0.5) is 0 Å². The summed E-state index contributed by atoms with van der Waals surface area (Å²) in [6.45, 7) is 4.60. The molecule has 0 aromatic carbocycles. The molecule has 0 bridgehead atoms. The van der Waals surface area contributed by atoms with Crippen LogP contribution in [-0.2, 0) is 29.0 Å². The molecule has 2 aliphatic heterocycles. The third-order valence-electron chi connectivity index (χ3n) is 3.96. The fourth-order valence-corrected chi connectivity index (χ4v) is 2.92. The van der Waals surface area contributed by atoms with Crippen LogP contribution in [0.2, 0.25) is 0 Å². The van der Waals surface area contributed by atoms with Crippen molar-refractivity contribution in [2.24, 2.45) is 0 Å². The van der Waals surface area contributed by atoms with Crippen molar-refractivity contribution < 1.29 is 9.53 Å². The number of cyclic esters (lactones) is 1. The van der Waals surface area contributed by atoms with Crippen LogP contribution < -0.4 is 5.56 Å². The van der Waals surface area contributed by atoms with Gasteiger partial charge in [0.1, 0.15) is 6.04 Å². The Kier molecular flexibility index (Phi) is 3.56. The molecule has 1 fully saturated rings. The van der Waals surface area contributed by atoms with Crippen LogP contribution in [0, 0.1) is 0 Å².